The Bertz CT molecular complexity index is 282. The Morgan fingerprint density at radius 2 is 2.12 bits per heavy atom. The van der Waals surface area contributed by atoms with Gasteiger partial charge in [0.2, 0.25) is 5.88 Å². The summed E-state index contributed by atoms with van der Waals surface area (Å²) < 4.78 is 5.54. The fourth-order valence-corrected chi connectivity index (χ4v) is 1.45. The predicted molar refractivity (Wildman–Crippen MR) is 66.5 cm³/mol. The van der Waals surface area contributed by atoms with Crippen molar-refractivity contribution in [3.8, 4) is 5.88 Å². The molecule has 16 heavy (non-hydrogen) atoms. The fourth-order valence-electron chi connectivity index (χ4n) is 1.45. The summed E-state index contributed by atoms with van der Waals surface area (Å²) in [5, 5.41) is 0. The minimum absolute atomic E-state index is 0.0334. The molecule has 3 nitrogen and oxygen atoms in total. The molecule has 0 unspecified atom stereocenters. The lowest BCUT2D eigenvalue weighted by molar-refractivity contribution is 0.293. The van der Waals surface area contributed by atoms with E-state index < -0.39 is 0 Å². The Kier molecular flexibility index (Phi) is 5.86. The van der Waals surface area contributed by atoms with E-state index in [9.17, 15) is 0 Å². The van der Waals surface area contributed by atoms with E-state index in [4.69, 9.17) is 10.5 Å². The maximum Gasteiger partial charge on any atom is 0.213 e. The first-order valence-electron chi connectivity index (χ1n) is 6.08. The molecular weight excluding hydrogens is 200 g/mol. The van der Waals surface area contributed by atoms with Gasteiger partial charge >= 0.3 is 0 Å². The molecule has 3 heteroatoms. The van der Waals surface area contributed by atoms with Gasteiger partial charge in [0.15, 0.2) is 0 Å². The van der Waals surface area contributed by atoms with Gasteiger partial charge in [-0.3, -0.25) is 0 Å². The van der Waals surface area contributed by atoms with Gasteiger partial charge in [0.25, 0.3) is 0 Å². The van der Waals surface area contributed by atoms with Crippen molar-refractivity contribution in [1.82, 2.24) is 4.98 Å². The molecule has 1 rings (SSSR count). The number of hydrogen-bond donors (Lipinski definition) is 1. The van der Waals surface area contributed by atoms with Crippen molar-refractivity contribution < 1.29 is 4.74 Å². The number of rotatable bonds is 7. The number of aromatic nitrogens is 1. The molecule has 0 amide bonds. The van der Waals surface area contributed by atoms with E-state index in [1.807, 2.05) is 19.1 Å². The number of unbranched alkanes of at least 4 members (excludes halogenated alkanes) is 3. The third-order valence-electron chi connectivity index (χ3n) is 2.53. The summed E-state index contributed by atoms with van der Waals surface area (Å²) in [4.78, 5) is 4.22. The molecule has 1 heterocycles. The van der Waals surface area contributed by atoms with Gasteiger partial charge in [-0.2, -0.15) is 0 Å². The van der Waals surface area contributed by atoms with Crippen molar-refractivity contribution in [2.24, 2.45) is 5.73 Å². The van der Waals surface area contributed by atoms with E-state index in [1.54, 1.807) is 6.20 Å². The van der Waals surface area contributed by atoms with Gasteiger partial charge < -0.3 is 10.5 Å². The van der Waals surface area contributed by atoms with E-state index in [2.05, 4.69) is 11.9 Å². The standard InChI is InChI=1S/C13H22N2O/c1-3-4-5-6-9-16-13-8-7-12(10-15-13)11(2)14/h7-8,10-11H,3-6,9,14H2,1-2H3/t11-/m1/s1. The van der Waals surface area contributed by atoms with Crippen molar-refractivity contribution in [1.29, 1.82) is 0 Å². The van der Waals surface area contributed by atoms with Crippen LogP contribution in [-0.4, -0.2) is 11.6 Å². The summed E-state index contributed by atoms with van der Waals surface area (Å²) in [7, 11) is 0. The Labute approximate surface area is 98.0 Å². The molecule has 0 bridgehead atoms. The summed E-state index contributed by atoms with van der Waals surface area (Å²) in [6, 6.07) is 3.89. The molecule has 0 fully saturated rings. The molecule has 1 atom stereocenters. The molecule has 0 aromatic carbocycles. The van der Waals surface area contributed by atoms with Crippen LogP contribution in [0.25, 0.3) is 0 Å². The van der Waals surface area contributed by atoms with Crippen LogP contribution in [0.15, 0.2) is 18.3 Å². The van der Waals surface area contributed by atoms with Gasteiger partial charge in [0, 0.05) is 18.3 Å². The molecule has 0 radical (unpaired) electrons. The van der Waals surface area contributed by atoms with Gasteiger partial charge in [-0.1, -0.05) is 32.3 Å². The van der Waals surface area contributed by atoms with Crippen molar-refractivity contribution in [2.75, 3.05) is 6.61 Å². The molecule has 2 N–H and O–H groups in total. The number of pyridine rings is 1. The molecule has 0 saturated heterocycles. The number of hydrogen-bond acceptors (Lipinski definition) is 3. The van der Waals surface area contributed by atoms with Gasteiger partial charge in [-0.25, -0.2) is 4.98 Å². The predicted octanol–water partition coefficient (Wildman–Crippen LogP) is 3.06. The number of nitrogens with two attached hydrogens (primary N) is 1. The lowest BCUT2D eigenvalue weighted by atomic mass is 10.2. The second kappa shape index (κ2) is 7.23. The highest BCUT2D eigenvalue weighted by Gasteiger charge is 2.00. The normalized spacial score (nSPS) is 12.4. The first-order chi connectivity index (χ1) is 7.74. The van der Waals surface area contributed by atoms with E-state index in [1.165, 1.54) is 19.3 Å². The molecular formula is C13H22N2O. The average molecular weight is 222 g/mol. The highest BCUT2D eigenvalue weighted by atomic mass is 16.5. The SMILES string of the molecule is CCCCCCOc1ccc([C@@H](C)N)cn1. The third-order valence-corrected chi connectivity index (χ3v) is 2.53. The van der Waals surface area contributed by atoms with Crippen LogP contribution >= 0.6 is 0 Å². The van der Waals surface area contributed by atoms with E-state index >= 15 is 0 Å². The highest BCUT2D eigenvalue weighted by Crippen LogP contribution is 2.12. The summed E-state index contributed by atoms with van der Waals surface area (Å²) in [5.74, 6) is 0.695. The van der Waals surface area contributed by atoms with Crippen molar-refractivity contribution in [3.63, 3.8) is 0 Å². The molecule has 0 aliphatic rings. The van der Waals surface area contributed by atoms with Crippen LogP contribution in [0.2, 0.25) is 0 Å². The lowest BCUT2D eigenvalue weighted by Gasteiger charge is -2.07. The van der Waals surface area contributed by atoms with Crippen LogP contribution in [0.4, 0.5) is 0 Å². The Hall–Kier alpha value is -1.09. The Morgan fingerprint density at radius 3 is 2.69 bits per heavy atom. The van der Waals surface area contributed by atoms with Crippen LogP contribution in [0.1, 0.15) is 51.1 Å². The summed E-state index contributed by atoms with van der Waals surface area (Å²) in [6.07, 6.45) is 6.65. The zero-order valence-electron chi connectivity index (χ0n) is 10.3. The minimum Gasteiger partial charge on any atom is -0.478 e. The molecule has 1 aromatic rings. The second-order valence-corrected chi connectivity index (χ2v) is 4.13. The summed E-state index contributed by atoms with van der Waals surface area (Å²) >= 11 is 0. The van der Waals surface area contributed by atoms with Crippen LogP contribution in [0, 0.1) is 0 Å². The van der Waals surface area contributed by atoms with Crippen LogP contribution in [-0.2, 0) is 0 Å². The fraction of sp³-hybridized carbons (Fsp3) is 0.615. The summed E-state index contributed by atoms with van der Waals surface area (Å²) in [5.41, 5.74) is 6.78. The molecule has 1 aromatic heterocycles. The molecule has 90 valence electrons. The Balaban J connectivity index is 2.27. The second-order valence-electron chi connectivity index (χ2n) is 4.13. The smallest absolute Gasteiger partial charge is 0.213 e. The first kappa shape index (κ1) is 13.0. The maximum absolute atomic E-state index is 5.74. The van der Waals surface area contributed by atoms with Gasteiger partial charge in [-0.15, -0.1) is 0 Å². The van der Waals surface area contributed by atoms with Gasteiger partial charge in [0.1, 0.15) is 0 Å². The van der Waals surface area contributed by atoms with Crippen molar-refractivity contribution >= 4 is 0 Å². The van der Waals surface area contributed by atoms with E-state index in [0.717, 1.165) is 18.6 Å². The van der Waals surface area contributed by atoms with Crippen LogP contribution < -0.4 is 10.5 Å². The summed E-state index contributed by atoms with van der Waals surface area (Å²) in [6.45, 7) is 4.90. The molecule has 0 aliphatic carbocycles. The largest absolute Gasteiger partial charge is 0.478 e. The third kappa shape index (κ3) is 4.62. The molecule has 0 aliphatic heterocycles. The quantitative estimate of drug-likeness (QED) is 0.721. The van der Waals surface area contributed by atoms with Gasteiger partial charge in [-0.05, 0) is 18.9 Å². The Morgan fingerprint density at radius 1 is 1.31 bits per heavy atom. The van der Waals surface area contributed by atoms with Gasteiger partial charge in [0.05, 0.1) is 6.61 Å². The lowest BCUT2D eigenvalue weighted by Crippen LogP contribution is -2.06. The molecule has 0 spiro atoms. The monoisotopic (exact) mass is 222 g/mol. The first-order valence-corrected chi connectivity index (χ1v) is 6.08. The maximum atomic E-state index is 5.74. The zero-order valence-corrected chi connectivity index (χ0v) is 10.3. The number of ether oxygens (including phenoxy) is 1. The van der Waals surface area contributed by atoms with Crippen LogP contribution in [0.5, 0.6) is 5.88 Å². The zero-order chi connectivity index (χ0) is 11.8. The van der Waals surface area contributed by atoms with Crippen molar-refractivity contribution in [2.45, 2.75) is 45.6 Å². The van der Waals surface area contributed by atoms with E-state index in [-0.39, 0.29) is 6.04 Å². The average Bonchev–Trinajstić information content (AvgIpc) is 2.29. The van der Waals surface area contributed by atoms with E-state index in [0.29, 0.717) is 5.88 Å². The van der Waals surface area contributed by atoms with Crippen LogP contribution in [0.3, 0.4) is 0 Å². The highest BCUT2D eigenvalue weighted by molar-refractivity contribution is 5.19. The topological polar surface area (TPSA) is 48.1 Å². The minimum atomic E-state index is 0.0334. The number of nitrogens with zero attached hydrogens (tertiary/aromatic N) is 1. The molecule has 0 saturated carbocycles. The van der Waals surface area contributed by atoms with Crippen molar-refractivity contribution in [3.05, 3.63) is 23.9 Å².